The lowest BCUT2D eigenvalue weighted by Crippen LogP contribution is -2.51. The summed E-state index contributed by atoms with van der Waals surface area (Å²) in [5, 5.41) is 0. The number of likely N-dealkylation sites (tertiary alicyclic amines) is 1. The summed E-state index contributed by atoms with van der Waals surface area (Å²) in [6.45, 7) is 4.43. The first-order valence-corrected chi connectivity index (χ1v) is 6.75. The van der Waals surface area contributed by atoms with Crippen LogP contribution >= 0.6 is 0 Å². The number of allylic oxidation sites excluding steroid dienone is 5. The minimum absolute atomic E-state index is 0.265. The molecule has 4 unspecified atom stereocenters. The second-order valence-electron chi connectivity index (χ2n) is 5.34. The predicted molar refractivity (Wildman–Crippen MR) is 72.8 cm³/mol. The molecule has 1 fully saturated rings. The minimum Gasteiger partial charge on any atom is -0.332 e. The zero-order valence-corrected chi connectivity index (χ0v) is 10.5. The minimum atomic E-state index is 0.265. The van der Waals surface area contributed by atoms with Crippen LogP contribution in [0.2, 0.25) is 0 Å². The number of carbonyl (C=O) groups excluding carboxylic acids is 1. The fourth-order valence-corrected chi connectivity index (χ4v) is 3.54. The number of nitrogens with zero attached hydrogens (tertiary/aromatic N) is 1. The highest BCUT2D eigenvalue weighted by Gasteiger charge is 2.41. The zero-order chi connectivity index (χ0) is 12.5. The molecular weight excluding hydrogens is 222 g/mol. The van der Waals surface area contributed by atoms with Gasteiger partial charge < -0.3 is 4.90 Å². The molecule has 4 atom stereocenters. The zero-order valence-electron chi connectivity index (χ0n) is 10.5. The van der Waals surface area contributed by atoms with Crippen LogP contribution in [0.3, 0.4) is 0 Å². The number of rotatable bonds is 2. The fraction of sp³-hybridized carbons (Fsp3) is 0.438. The maximum absolute atomic E-state index is 12.0. The van der Waals surface area contributed by atoms with Gasteiger partial charge in [-0.3, -0.25) is 4.79 Å². The van der Waals surface area contributed by atoms with Gasteiger partial charge in [-0.05, 0) is 18.3 Å². The molecule has 0 spiro atoms. The Kier molecular flexibility index (Phi) is 2.94. The molecule has 0 aromatic rings. The van der Waals surface area contributed by atoms with Crippen molar-refractivity contribution in [2.24, 2.45) is 17.8 Å². The lowest BCUT2D eigenvalue weighted by molar-refractivity contribution is -0.137. The Hall–Kier alpha value is -1.57. The summed E-state index contributed by atoms with van der Waals surface area (Å²) in [6.07, 6.45) is 16.9. The molecule has 0 saturated carbocycles. The van der Waals surface area contributed by atoms with Crippen LogP contribution < -0.4 is 0 Å². The van der Waals surface area contributed by atoms with Crippen molar-refractivity contribution in [1.82, 2.24) is 4.90 Å². The van der Waals surface area contributed by atoms with Crippen molar-refractivity contribution in [2.45, 2.75) is 18.9 Å². The van der Waals surface area contributed by atoms with E-state index in [1.807, 2.05) is 11.0 Å². The van der Waals surface area contributed by atoms with Crippen LogP contribution in [0.15, 0.2) is 49.1 Å². The first kappa shape index (κ1) is 11.5. The van der Waals surface area contributed by atoms with Crippen LogP contribution in [0.25, 0.3) is 0 Å². The smallest absolute Gasteiger partial charge is 0.223 e. The van der Waals surface area contributed by atoms with E-state index in [2.05, 4.69) is 43.0 Å². The van der Waals surface area contributed by atoms with Gasteiger partial charge in [-0.25, -0.2) is 0 Å². The van der Waals surface area contributed by atoms with Crippen molar-refractivity contribution in [3.63, 3.8) is 0 Å². The molecule has 3 rings (SSSR count). The standard InChI is InChI=1S/C16H19NO/c1-2-11-17-15-9-7-12-5-3-4-6-13(12)14(15)8-10-16(17)18/h2-7,9,12-15H,1,8,10-11H2. The van der Waals surface area contributed by atoms with Crippen LogP contribution in [-0.4, -0.2) is 23.4 Å². The lowest BCUT2D eigenvalue weighted by atomic mass is 9.68. The van der Waals surface area contributed by atoms with E-state index in [-0.39, 0.29) is 11.9 Å². The molecule has 0 N–H and O–H groups in total. The van der Waals surface area contributed by atoms with Crippen molar-refractivity contribution in [2.75, 3.05) is 6.54 Å². The second-order valence-corrected chi connectivity index (χ2v) is 5.34. The quantitative estimate of drug-likeness (QED) is 0.681. The van der Waals surface area contributed by atoms with E-state index >= 15 is 0 Å². The molecule has 3 aliphatic rings. The molecule has 1 saturated heterocycles. The van der Waals surface area contributed by atoms with Crippen molar-refractivity contribution in [1.29, 1.82) is 0 Å². The second kappa shape index (κ2) is 4.60. The SMILES string of the molecule is C=CCN1C(=O)CCC2C3C=CC=CC3C=CC21. The molecule has 94 valence electrons. The largest absolute Gasteiger partial charge is 0.332 e. The van der Waals surface area contributed by atoms with E-state index in [9.17, 15) is 4.79 Å². The van der Waals surface area contributed by atoms with Gasteiger partial charge in [-0.2, -0.15) is 0 Å². The summed E-state index contributed by atoms with van der Waals surface area (Å²) in [5.74, 6) is 1.92. The molecule has 1 amide bonds. The summed E-state index contributed by atoms with van der Waals surface area (Å²) in [4.78, 5) is 14.0. The van der Waals surface area contributed by atoms with Gasteiger partial charge in [0.05, 0.1) is 6.04 Å². The normalized spacial score (nSPS) is 37.3. The Morgan fingerprint density at radius 3 is 2.94 bits per heavy atom. The third kappa shape index (κ3) is 1.76. The van der Waals surface area contributed by atoms with Gasteiger partial charge in [-0.1, -0.05) is 42.5 Å². The molecule has 18 heavy (non-hydrogen) atoms. The van der Waals surface area contributed by atoms with Crippen molar-refractivity contribution in [3.05, 3.63) is 49.1 Å². The van der Waals surface area contributed by atoms with Crippen molar-refractivity contribution >= 4 is 5.91 Å². The molecule has 0 aromatic heterocycles. The first-order valence-electron chi connectivity index (χ1n) is 6.75. The van der Waals surface area contributed by atoms with Crippen LogP contribution in [0.4, 0.5) is 0 Å². The first-order chi connectivity index (χ1) is 8.81. The summed E-state index contributed by atoms with van der Waals surface area (Å²) in [5.41, 5.74) is 0. The summed E-state index contributed by atoms with van der Waals surface area (Å²) in [7, 11) is 0. The lowest BCUT2D eigenvalue weighted by Gasteiger charge is -2.46. The highest BCUT2D eigenvalue weighted by molar-refractivity contribution is 5.78. The molecule has 0 aromatic carbocycles. The summed E-state index contributed by atoms with van der Waals surface area (Å²) >= 11 is 0. The van der Waals surface area contributed by atoms with Gasteiger partial charge >= 0.3 is 0 Å². The average Bonchev–Trinajstić information content (AvgIpc) is 2.41. The van der Waals surface area contributed by atoms with E-state index in [0.29, 0.717) is 30.7 Å². The van der Waals surface area contributed by atoms with Crippen molar-refractivity contribution in [3.8, 4) is 0 Å². The molecule has 0 radical (unpaired) electrons. The summed E-state index contributed by atoms with van der Waals surface area (Å²) < 4.78 is 0. The predicted octanol–water partition coefficient (Wildman–Crippen LogP) is 2.71. The summed E-state index contributed by atoms with van der Waals surface area (Å²) in [6, 6.07) is 0.265. The van der Waals surface area contributed by atoms with Crippen molar-refractivity contribution < 1.29 is 4.79 Å². The average molecular weight is 241 g/mol. The van der Waals surface area contributed by atoms with Crippen LogP contribution in [0.1, 0.15) is 12.8 Å². The van der Waals surface area contributed by atoms with Gasteiger partial charge in [0.15, 0.2) is 0 Å². The molecule has 1 aliphatic heterocycles. The van der Waals surface area contributed by atoms with Gasteiger partial charge in [-0.15, -0.1) is 6.58 Å². The number of piperidine rings is 1. The number of hydrogen-bond acceptors (Lipinski definition) is 1. The third-order valence-corrected chi connectivity index (χ3v) is 4.38. The molecule has 1 heterocycles. The van der Waals surface area contributed by atoms with Crippen LogP contribution in [0.5, 0.6) is 0 Å². The number of amides is 1. The molecule has 2 heteroatoms. The Bertz CT molecular complexity index is 446. The fourth-order valence-electron chi connectivity index (χ4n) is 3.54. The van der Waals surface area contributed by atoms with Gasteiger partial charge in [0, 0.05) is 18.9 Å². The van der Waals surface area contributed by atoms with E-state index in [1.165, 1.54) is 0 Å². The van der Waals surface area contributed by atoms with Crippen LogP contribution in [0, 0.1) is 17.8 Å². The molecule has 2 nitrogen and oxygen atoms in total. The van der Waals surface area contributed by atoms with Gasteiger partial charge in [0.1, 0.15) is 0 Å². The number of carbonyl (C=O) groups is 1. The maximum atomic E-state index is 12.0. The van der Waals surface area contributed by atoms with E-state index in [4.69, 9.17) is 0 Å². The highest BCUT2D eigenvalue weighted by atomic mass is 16.2. The van der Waals surface area contributed by atoms with E-state index in [0.717, 1.165) is 6.42 Å². The monoisotopic (exact) mass is 241 g/mol. The Morgan fingerprint density at radius 2 is 2.11 bits per heavy atom. The van der Waals surface area contributed by atoms with Gasteiger partial charge in [0.2, 0.25) is 5.91 Å². The molecule has 0 bridgehead atoms. The molecule has 2 aliphatic carbocycles. The Morgan fingerprint density at radius 1 is 1.28 bits per heavy atom. The van der Waals surface area contributed by atoms with Crippen LogP contribution in [-0.2, 0) is 4.79 Å². The topological polar surface area (TPSA) is 20.3 Å². The van der Waals surface area contributed by atoms with E-state index in [1.54, 1.807) is 0 Å². The number of fused-ring (bicyclic) bond motifs is 3. The highest BCUT2D eigenvalue weighted by Crippen LogP contribution is 2.41. The molecular formula is C16H19NO. The Balaban J connectivity index is 1.91. The Labute approximate surface area is 108 Å². The number of hydrogen-bond donors (Lipinski definition) is 0. The third-order valence-electron chi connectivity index (χ3n) is 4.38. The van der Waals surface area contributed by atoms with Gasteiger partial charge in [0.25, 0.3) is 0 Å². The van der Waals surface area contributed by atoms with E-state index < -0.39 is 0 Å². The maximum Gasteiger partial charge on any atom is 0.223 e.